The van der Waals surface area contributed by atoms with Crippen LogP contribution in [0.3, 0.4) is 0 Å². The Labute approximate surface area is 76.4 Å². The van der Waals surface area contributed by atoms with E-state index in [2.05, 4.69) is 48.2 Å². The normalized spacial score (nSPS) is 10.8. The standard InChI is InChI=1S/C10H11NS/c1-8-3-4-9-5-10(12-2)7-11(9)6-8/h3-7H,1-2H3. The minimum absolute atomic E-state index is 1.27. The molecule has 2 rings (SSSR count). The first-order valence-corrected chi connectivity index (χ1v) is 5.14. The number of pyridine rings is 1. The number of rotatable bonds is 1. The average Bonchev–Trinajstić information content (AvgIpc) is 2.46. The van der Waals surface area contributed by atoms with E-state index in [9.17, 15) is 0 Å². The largest absolute Gasteiger partial charge is 0.322 e. The lowest BCUT2D eigenvalue weighted by molar-refractivity contribution is 1.15. The van der Waals surface area contributed by atoms with Crippen LogP contribution < -0.4 is 0 Å². The van der Waals surface area contributed by atoms with Gasteiger partial charge >= 0.3 is 0 Å². The number of hydrogen-bond acceptors (Lipinski definition) is 1. The maximum Gasteiger partial charge on any atom is 0.0461 e. The highest BCUT2D eigenvalue weighted by molar-refractivity contribution is 7.98. The van der Waals surface area contributed by atoms with Crippen LogP contribution in [0.1, 0.15) is 5.56 Å². The molecule has 2 aromatic rings. The summed E-state index contributed by atoms with van der Waals surface area (Å²) in [5.41, 5.74) is 2.57. The van der Waals surface area contributed by atoms with Gasteiger partial charge in [0.25, 0.3) is 0 Å². The Morgan fingerprint density at radius 3 is 2.83 bits per heavy atom. The van der Waals surface area contributed by atoms with Gasteiger partial charge < -0.3 is 4.40 Å². The fraction of sp³-hybridized carbons (Fsp3) is 0.200. The quantitative estimate of drug-likeness (QED) is 0.606. The summed E-state index contributed by atoms with van der Waals surface area (Å²) in [6.45, 7) is 2.11. The second-order valence-electron chi connectivity index (χ2n) is 2.92. The third kappa shape index (κ3) is 1.23. The van der Waals surface area contributed by atoms with Gasteiger partial charge in [-0.2, -0.15) is 0 Å². The number of aryl methyl sites for hydroxylation is 1. The first-order valence-electron chi connectivity index (χ1n) is 3.92. The molecular weight excluding hydrogens is 166 g/mol. The molecule has 0 saturated heterocycles. The van der Waals surface area contributed by atoms with Gasteiger partial charge in [0, 0.05) is 22.8 Å². The van der Waals surface area contributed by atoms with Crippen molar-refractivity contribution in [3.8, 4) is 0 Å². The van der Waals surface area contributed by atoms with Gasteiger partial charge in [-0.15, -0.1) is 11.8 Å². The predicted octanol–water partition coefficient (Wildman–Crippen LogP) is 2.97. The second kappa shape index (κ2) is 2.87. The van der Waals surface area contributed by atoms with Crippen LogP contribution >= 0.6 is 11.8 Å². The van der Waals surface area contributed by atoms with Gasteiger partial charge in [-0.3, -0.25) is 0 Å². The molecule has 2 heterocycles. The highest BCUT2D eigenvalue weighted by atomic mass is 32.2. The summed E-state index contributed by atoms with van der Waals surface area (Å²) < 4.78 is 2.17. The van der Waals surface area contributed by atoms with Crippen molar-refractivity contribution < 1.29 is 0 Å². The Morgan fingerprint density at radius 1 is 1.25 bits per heavy atom. The maximum absolute atomic E-state index is 2.20. The highest BCUT2D eigenvalue weighted by Gasteiger charge is 1.96. The molecular formula is C10H11NS. The monoisotopic (exact) mass is 177 g/mol. The van der Waals surface area contributed by atoms with E-state index in [4.69, 9.17) is 0 Å². The molecule has 0 saturated carbocycles. The molecule has 0 N–H and O–H groups in total. The fourth-order valence-corrected chi connectivity index (χ4v) is 1.76. The zero-order chi connectivity index (χ0) is 8.55. The zero-order valence-corrected chi connectivity index (χ0v) is 8.06. The average molecular weight is 177 g/mol. The first-order chi connectivity index (χ1) is 5.79. The molecule has 0 aromatic carbocycles. The maximum atomic E-state index is 2.20. The number of aromatic nitrogens is 1. The predicted molar refractivity (Wildman–Crippen MR) is 53.9 cm³/mol. The Balaban J connectivity index is 2.67. The van der Waals surface area contributed by atoms with E-state index >= 15 is 0 Å². The van der Waals surface area contributed by atoms with Crippen LogP contribution in [-0.2, 0) is 0 Å². The number of hydrogen-bond donors (Lipinski definition) is 0. The molecule has 0 aliphatic rings. The van der Waals surface area contributed by atoms with Crippen LogP contribution in [0.2, 0.25) is 0 Å². The Hall–Kier alpha value is -0.890. The molecule has 0 amide bonds. The van der Waals surface area contributed by atoms with Gasteiger partial charge in [0.1, 0.15) is 0 Å². The highest BCUT2D eigenvalue weighted by Crippen LogP contribution is 2.19. The summed E-state index contributed by atoms with van der Waals surface area (Å²) in [6, 6.07) is 6.48. The molecule has 0 atom stereocenters. The third-order valence-electron chi connectivity index (χ3n) is 1.95. The summed E-state index contributed by atoms with van der Waals surface area (Å²) >= 11 is 1.78. The van der Waals surface area contributed by atoms with Crippen molar-refractivity contribution in [2.75, 3.05) is 6.26 Å². The molecule has 0 spiro atoms. The molecule has 0 radical (unpaired) electrons. The van der Waals surface area contributed by atoms with E-state index in [1.165, 1.54) is 16.0 Å². The summed E-state index contributed by atoms with van der Waals surface area (Å²) in [6.07, 6.45) is 6.41. The molecule has 1 nitrogen and oxygen atoms in total. The van der Waals surface area contributed by atoms with Crippen LogP contribution in [0, 0.1) is 6.92 Å². The minimum Gasteiger partial charge on any atom is -0.322 e. The van der Waals surface area contributed by atoms with Crippen LogP contribution in [0.4, 0.5) is 0 Å². The molecule has 62 valence electrons. The first kappa shape index (κ1) is 7.74. The lowest BCUT2D eigenvalue weighted by Crippen LogP contribution is -1.81. The molecule has 0 fully saturated rings. The van der Waals surface area contributed by atoms with Crippen LogP contribution in [0.25, 0.3) is 5.52 Å². The lowest BCUT2D eigenvalue weighted by atomic mass is 10.3. The van der Waals surface area contributed by atoms with Gasteiger partial charge in [0.2, 0.25) is 0 Å². The minimum atomic E-state index is 1.27. The van der Waals surface area contributed by atoms with Crippen LogP contribution in [0.5, 0.6) is 0 Å². The molecule has 0 aliphatic heterocycles. The third-order valence-corrected chi connectivity index (χ3v) is 2.64. The summed E-state index contributed by atoms with van der Waals surface area (Å²) in [7, 11) is 0. The van der Waals surface area contributed by atoms with Gasteiger partial charge in [0.15, 0.2) is 0 Å². The number of nitrogens with zero attached hydrogens (tertiary/aromatic N) is 1. The van der Waals surface area contributed by atoms with E-state index in [1.54, 1.807) is 11.8 Å². The van der Waals surface area contributed by atoms with Gasteiger partial charge in [-0.25, -0.2) is 0 Å². The van der Waals surface area contributed by atoms with Crippen LogP contribution in [-0.4, -0.2) is 10.7 Å². The zero-order valence-electron chi connectivity index (χ0n) is 7.24. The molecule has 2 heteroatoms. The molecule has 0 bridgehead atoms. The van der Waals surface area contributed by atoms with E-state index in [1.807, 2.05) is 0 Å². The summed E-state index contributed by atoms with van der Waals surface area (Å²) in [4.78, 5) is 1.32. The van der Waals surface area contributed by atoms with Gasteiger partial charge in [-0.1, -0.05) is 6.07 Å². The van der Waals surface area contributed by atoms with Gasteiger partial charge in [0.05, 0.1) is 0 Å². The summed E-state index contributed by atoms with van der Waals surface area (Å²) in [5, 5.41) is 0. The lowest BCUT2D eigenvalue weighted by Gasteiger charge is -1.94. The van der Waals surface area contributed by atoms with E-state index in [0.717, 1.165) is 0 Å². The molecule has 2 aromatic heterocycles. The Bertz CT molecular complexity index is 403. The van der Waals surface area contributed by atoms with Crippen molar-refractivity contribution in [3.05, 3.63) is 36.2 Å². The number of thioether (sulfide) groups is 1. The van der Waals surface area contributed by atoms with Crippen molar-refractivity contribution >= 4 is 17.3 Å². The Kier molecular flexibility index (Phi) is 1.85. The van der Waals surface area contributed by atoms with Crippen molar-refractivity contribution in [1.29, 1.82) is 0 Å². The van der Waals surface area contributed by atoms with Crippen molar-refractivity contribution in [2.24, 2.45) is 0 Å². The van der Waals surface area contributed by atoms with E-state index < -0.39 is 0 Å². The van der Waals surface area contributed by atoms with Crippen LogP contribution in [0.15, 0.2) is 35.5 Å². The fourth-order valence-electron chi connectivity index (χ4n) is 1.31. The SMILES string of the molecule is CSc1cc2ccc(C)cn2c1. The van der Waals surface area contributed by atoms with Gasteiger partial charge in [-0.05, 0) is 30.9 Å². The van der Waals surface area contributed by atoms with Crippen molar-refractivity contribution in [1.82, 2.24) is 4.40 Å². The summed E-state index contributed by atoms with van der Waals surface area (Å²) in [5.74, 6) is 0. The molecule has 12 heavy (non-hydrogen) atoms. The Morgan fingerprint density at radius 2 is 2.08 bits per heavy atom. The van der Waals surface area contributed by atoms with E-state index in [0.29, 0.717) is 0 Å². The van der Waals surface area contributed by atoms with E-state index in [-0.39, 0.29) is 0 Å². The molecule has 0 unspecified atom stereocenters. The molecule has 0 aliphatic carbocycles. The number of fused-ring (bicyclic) bond motifs is 1. The van der Waals surface area contributed by atoms with Crippen molar-refractivity contribution in [2.45, 2.75) is 11.8 Å². The topological polar surface area (TPSA) is 4.41 Å². The van der Waals surface area contributed by atoms with Crippen molar-refractivity contribution in [3.63, 3.8) is 0 Å². The second-order valence-corrected chi connectivity index (χ2v) is 3.80. The smallest absolute Gasteiger partial charge is 0.0461 e.